The van der Waals surface area contributed by atoms with Gasteiger partial charge in [0.2, 0.25) is 0 Å². The molecule has 3 N–H and O–H groups in total. The van der Waals surface area contributed by atoms with Crippen LogP contribution in [0.3, 0.4) is 0 Å². The second-order valence-electron chi connectivity index (χ2n) is 8.50. The Morgan fingerprint density at radius 1 is 1.16 bits per heavy atom. The lowest BCUT2D eigenvalue weighted by Gasteiger charge is -2.16. The first-order valence-corrected chi connectivity index (χ1v) is 10.7. The number of aliphatic hydroxyl groups excluding tert-OH is 2. The number of aromatic nitrogens is 3. The summed E-state index contributed by atoms with van der Waals surface area (Å²) >= 11 is 0. The van der Waals surface area contributed by atoms with Gasteiger partial charge in [0.25, 0.3) is 0 Å². The van der Waals surface area contributed by atoms with Crippen LogP contribution in [0.25, 0.3) is 22.3 Å². The lowest BCUT2D eigenvalue weighted by molar-refractivity contribution is 0.00794. The molecule has 10 heteroatoms. The molecule has 0 bridgehead atoms. The molecule has 3 aliphatic heterocycles. The summed E-state index contributed by atoms with van der Waals surface area (Å²) in [7, 11) is 0. The smallest absolute Gasteiger partial charge is 0.193 e. The maximum atomic E-state index is 14.8. The highest BCUT2D eigenvalue weighted by molar-refractivity contribution is 5.80. The Labute approximate surface area is 182 Å². The Morgan fingerprint density at radius 2 is 2.03 bits per heavy atom. The van der Waals surface area contributed by atoms with Crippen molar-refractivity contribution >= 4 is 16.9 Å². The van der Waals surface area contributed by atoms with Gasteiger partial charge in [-0.1, -0.05) is 0 Å². The summed E-state index contributed by atoms with van der Waals surface area (Å²) < 4.78 is 32.0. The minimum absolute atomic E-state index is 0.204. The number of hydrogen-bond donors (Lipinski definition) is 3. The van der Waals surface area contributed by atoms with E-state index in [0.29, 0.717) is 35.6 Å². The van der Waals surface area contributed by atoms with Crippen LogP contribution in [0.4, 0.5) is 10.2 Å². The largest absolute Gasteiger partial charge is 0.470 e. The number of H-pyrrole nitrogens is 1. The van der Waals surface area contributed by atoms with E-state index in [0.717, 1.165) is 18.8 Å². The third-order valence-corrected chi connectivity index (χ3v) is 6.30. The SMILES string of the molecule is O[C@@H]1CCN(c2ccc(-c3nc4cc(O[C@@H]5CO[C@H]6[C@@H]5OC[C@H]6O)[nH]c4cc3F)cn2)C1. The predicted octanol–water partition coefficient (Wildman–Crippen LogP) is 1.24. The van der Waals surface area contributed by atoms with Gasteiger partial charge < -0.3 is 34.3 Å². The first kappa shape index (κ1) is 19.9. The average Bonchev–Trinajstić information content (AvgIpc) is 3.55. The Bertz CT molecular complexity index is 1140. The summed E-state index contributed by atoms with van der Waals surface area (Å²) in [5, 5.41) is 19.6. The van der Waals surface area contributed by atoms with Crippen LogP contribution in [0, 0.1) is 5.82 Å². The summed E-state index contributed by atoms with van der Waals surface area (Å²) in [6, 6.07) is 6.70. The van der Waals surface area contributed by atoms with Gasteiger partial charge in [-0.25, -0.2) is 14.4 Å². The minimum Gasteiger partial charge on any atom is -0.470 e. The highest BCUT2D eigenvalue weighted by Crippen LogP contribution is 2.32. The Balaban J connectivity index is 1.23. The van der Waals surface area contributed by atoms with Crippen LogP contribution in [0.2, 0.25) is 0 Å². The van der Waals surface area contributed by atoms with E-state index in [1.165, 1.54) is 6.07 Å². The lowest BCUT2D eigenvalue weighted by atomic mass is 10.1. The van der Waals surface area contributed by atoms with Crippen molar-refractivity contribution in [3.05, 3.63) is 36.3 Å². The van der Waals surface area contributed by atoms with Crippen LogP contribution in [-0.2, 0) is 9.47 Å². The van der Waals surface area contributed by atoms with Gasteiger partial charge in [0.1, 0.15) is 29.8 Å². The van der Waals surface area contributed by atoms with Gasteiger partial charge in [-0.05, 0) is 18.6 Å². The number of pyridine rings is 2. The number of nitrogens with one attached hydrogen (secondary N) is 1. The first-order chi connectivity index (χ1) is 15.5. The van der Waals surface area contributed by atoms with Gasteiger partial charge in [0.05, 0.1) is 30.4 Å². The third-order valence-electron chi connectivity index (χ3n) is 6.30. The molecule has 3 saturated heterocycles. The van der Waals surface area contributed by atoms with Crippen molar-refractivity contribution < 1.29 is 28.8 Å². The van der Waals surface area contributed by atoms with E-state index in [9.17, 15) is 14.6 Å². The fourth-order valence-corrected chi connectivity index (χ4v) is 4.64. The van der Waals surface area contributed by atoms with E-state index in [1.54, 1.807) is 18.3 Å². The second-order valence-corrected chi connectivity index (χ2v) is 8.50. The van der Waals surface area contributed by atoms with Crippen molar-refractivity contribution in [2.45, 2.75) is 36.9 Å². The molecule has 0 amide bonds. The normalized spacial score (nSPS) is 29.7. The summed E-state index contributed by atoms with van der Waals surface area (Å²) in [5.74, 6) is 0.716. The molecular weight excluding hydrogens is 419 g/mol. The maximum absolute atomic E-state index is 14.8. The van der Waals surface area contributed by atoms with Gasteiger partial charge in [-0.3, -0.25) is 0 Å². The number of ether oxygens (including phenoxy) is 3. The van der Waals surface area contributed by atoms with Gasteiger partial charge in [-0.15, -0.1) is 0 Å². The quantitative estimate of drug-likeness (QED) is 0.553. The van der Waals surface area contributed by atoms with E-state index in [2.05, 4.69) is 15.0 Å². The molecule has 3 aliphatic rings. The molecule has 0 saturated carbocycles. The lowest BCUT2D eigenvalue weighted by Crippen LogP contribution is -2.34. The Morgan fingerprint density at radius 3 is 2.81 bits per heavy atom. The molecule has 32 heavy (non-hydrogen) atoms. The zero-order valence-electron chi connectivity index (χ0n) is 17.1. The van der Waals surface area contributed by atoms with Crippen molar-refractivity contribution in [1.29, 1.82) is 0 Å². The van der Waals surface area contributed by atoms with Crippen molar-refractivity contribution in [2.75, 3.05) is 31.2 Å². The molecule has 0 unspecified atom stereocenters. The van der Waals surface area contributed by atoms with Gasteiger partial charge in [0, 0.05) is 37.0 Å². The van der Waals surface area contributed by atoms with E-state index in [1.807, 2.05) is 11.0 Å². The number of hydrogen-bond acceptors (Lipinski definition) is 8. The van der Waals surface area contributed by atoms with Crippen LogP contribution >= 0.6 is 0 Å². The van der Waals surface area contributed by atoms with Crippen LogP contribution in [0.15, 0.2) is 30.5 Å². The highest BCUT2D eigenvalue weighted by Gasteiger charge is 2.48. The fraction of sp³-hybridized carbons (Fsp3) is 0.455. The number of halogens is 1. The van der Waals surface area contributed by atoms with E-state index in [-0.39, 0.29) is 36.7 Å². The third kappa shape index (κ3) is 3.39. The van der Waals surface area contributed by atoms with Crippen molar-refractivity contribution in [2.24, 2.45) is 0 Å². The molecule has 168 valence electrons. The number of rotatable bonds is 4. The van der Waals surface area contributed by atoms with Crippen LogP contribution < -0.4 is 9.64 Å². The van der Waals surface area contributed by atoms with E-state index >= 15 is 0 Å². The molecule has 0 aromatic carbocycles. The number of β-amino-alcohol motifs (C(OH)–C–C–N with tert-alkyl or cyclic N) is 1. The number of nitrogens with zero attached hydrogens (tertiary/aromatic N) is 3. The fourth-order valence-electron chi connectivity index (χ4n) is 4.64. The van der Waals surface area contributed by atoms with Crippen LogP contribution in [0.1, 0.15) is 6.42 Å². The van der Waals surface area contributed by atoms with E-state index in [4.69, 9.17) is 14.2 Å². The van der Waals surface area contributed by atoms with Crippen molar-refractivity contribution in [1.82, 2.24) is 15.0 Å². The topological polar surface area (TPSA) is 113 Å². The number of aliphatic hydroxyl groups is 2. The van der Waals surface area contributed by atoms with Crippen LogP contribution in [-0.4, -0.2) is 82.0 Å². The maximum Gasteiger partial charge on any atom is 0.193 e. The first-order valence-electron chi connectivity index (χ1n) is 10.7. The summed E-state index contributed by atoms with van der Waals surface area (Å²) in [4.78, 5) is 13.9. The van der Waals surface area contributed by atoms with Crippen molar-refractivity contribution in [3.63, 3.8) is 0 Å². The molecule has 5 atom stereocenters. The number of fused-ring (bicyclic) bond motifs is 2. The van der Waals surface area contributed by atoms with Crippen molar-refractivity contribution in [3.8, 4) is 17.1 Å². The standard InChI is InChI=1S/C22H23FN4O5/c23-13-5-14-15(6-19(25-14)32-17-10-31-21-16(29)9-30-22(17)21)26-20(13)11-1-2-18(24-7-11)27-4-3-12(28)8-27/h1-2,5-7,12,16-17,21-22,25,28-29H,3-4,8-10H2/t12-,16-,17-,21-,22-/m1/s1. The summed E-state index contributed by atoms with van der Waals surface area (Å²) in [6.45, 7) is 1.83. The predicted molar refractivity (Wildman–Crippen MR) is 112 cm³/mol. The van der Waals surface area contributed by atoms with Gasteiger partial charge in [0.15, 0.2) is 17.8 Å². The minimum atomic E-state index is -0.648. The monoisotopic (exact) mass is 442 g/mol. The Hall–Kier alpha value is -2.79. The van der Waals surface area contributed by atoms with Crippen LogP contribution in [0.5, 0.6) is 5.88 Å². The zero-order valence-corrected chi connectivity index (χ0v) is 17.1. The molecule has 0 spiro atoms. The second kappa shape index (κ2) is 7.66. The molecule has 6 heterocycles. The summed E-state index contributed by atoms with van der Waals surface area (Å²) in [6.07, 6.45) is 0.245. The molecule has 9 nitrogen and oxygen atoms in total. The van der Waals surface area contributed by atoms with Gasteiger partial charge >= 0.3 is 0 Å². The average molecular weight is 442 g/mol. The van der Waals surface area contributed by atoms with Gasteiger partial charge in [-0.2, -0.15) is 0 Å². The molecule has 3 aromatic rings. The summed E-state index contributed by atoms with van der Waals surface area (Å²) in [5.41, 5.74) is 1.85. The molecule has 0 radical (unpaired) electrons. The highest BCUT2D eigenvalue weighted by atomic mass is 19.1. The molecular formula is C22H23FN4O5. The number of aromatic amines is 1. The molecule has 6 rings (SSSR count). The molecule has 3 aromatic heterocycles. The Kier molecular flexibility index (Phi) is 4.76. The van der Waals surface area contributed by atoms with E-state index < -0.39 is 11.9 Å². The number of anilines is 1. The molecule has 3 fully saturated rings. The molecule has 0 aliphatic carbocycles. The zero-order chi connectivity index (χ0) is 21.8.